The molecule has 0 saturated carbocycles. The zero-order valence-electron chi connectivity index (χ0n) is 6.14. The summed E-state index contributed by atoms with van der Waals surface area (Å²) >= 11 is 0. The van der Waals surface area contributed by atoms with Crippen molar-refractivity contribution >= 4 is 0 Å². The summed E-state index contributed by atoms with van der Waals surface area (Å²) in [5.41, 5.74) is 0. The van der Waals surface area contributed by atoms with Gasteiger partial charge in [0.05, 0.1) is 0 Å². The Balaban J connectivity index is 2.38. The number of hydrogen-bond acceptors (Lipinski definition) is 1. The van der Waals surface area contributed by atoms with Crippen LogP contribution in [0.1, 0.15) is 19.3 Å². The maximum Gasteiger partial charge on any atom is 0.0272 e. The quantitative estimate of drug-likeness (QED) is 0.482. The molecule has 0 radical (unpaired) electrons. The van der Waals surface area contributed by atoms with Crippen LogP contribution >= 0.6 is 0 Å². The highest BCUT2D eigenvalue weighted by Crippen LogP contribution is 2.14. The van der Waals surface area contributed by atoms with E-state index < -0.39 is 0 Å². The molecule has 0 unspecified atom stereocenters. The zero-order valence-corrected chi connectivity index (χ0v) is 6.14. The third-order valence-electron chi connectivity index (χ3n) is 2.10. The van der Waals surface area contributed by atoms with Gasteiger partial charge in [0.15, 0.2) is 0 Å². The van der Waals surface area contributed by atoms with Crippen molar-refractivity contribution in [1.82, 2.24) is 4.90 Å². The van der Waals surface area contributed by atoms with E-state index in [9.17, 15) is 0 Å². The van der Waals surface area contributed by atoms with E-state index in [1.165, 1.54) is 25.8 Å². The third kappa shape index (κ3) is 1.55. The third-order valence-corrected chi connectivity index (χ3v) is 2.10. The molecular weight excluding hydrogens is 110 g/mol. The Bertz CT molecular complexity index is 98.7. The standard InChI is InChI=1S/C8H15N/c1-3-8-6-4-5-7-9(8)2/h3,8H,1,4-7H2,2H3/t8-/m0/s1. The van der Waals surface area contributed by atoms with E-state index in [2.05, 4.69) is 24.6 Å². The van der Waals surface area contributed by atoms with Crippen LogP contribution in [0.25, 0.3) is 0 Å². The number of hydrogen-bond donors (Lipinski definition) is 0. The van der Waals surface area contributed by atoms with Crippen LogP contribution in [0.4, 0.5) is 0 Å². The number of nitrogens with zero attached hydrogens (tertiary/aromatic N) is 1. The SMILES string of the molecule is C=C[C@H]1CCCCN1C. The first kappa shape index (κ1) is 6.81. The fourth-order valence-electron chi connectivity index (χ4n) is 1.40. The summed E-state index contributed by atoms with van der Waals surface area (Å²) in [4.78, 5) is 2.37. The van der Waals surface area contributed by atoms with Crippen molar-refractivity contribution in [3.8, 4) is 0 Å². The van der Waals surface area contributed by atoms with E-state index in [-0.39, 0.29) is 0 Å². The van der Waals surface area contributed by atoms with Crippen molar-refractivity contribution < 1.29 is 0 Å². The molecule has 1 heteroatoms. The second-order valence-corrected chi connectivity index (χ2v) is 2.78. The first-order chi connectivity index (χ1) is 4.34. The molecule has 1 heterocycles. The molecule has 0 aliphatic carbocycles. The predicted octanol–water partition coefficient (Wildman–Crippen LogP) is 1.66. The largest absolute Gasteiger partial charge is 0.300 e. The van der Waals surface area contributed by atoms with Gasteiger partial charge < -0.3 is 0 Å². The Kier molecular flexibility index (Phi) is 2.29. The highest BCUT2D eigenvalue weighted by Gasteiger charge is 2.14. The minimum absolute atomic E-state index is 0.652. The van der Waals surface area contributed by atoms with E-state index in [0.717, 1.165) is 0 Å². The summed E-state index contributed by atoms with van der Waals surface area (Å²) in [6.45, 7) is 5.04. The van der Waals surface area contributed by atoms with Crippen LogP contribution in [0.3, 0.4) is 0 Å². The summed E-state index contributed by atoms with van der Waals surface area (Å²) in [7, 11) is 2.17. The van der Waals surface area contributed by atoms with Gasteiger partial charge in [0.25, 0.3) is 0 Å². The predicted molar refractivity (Wildman–Crippen MR) is 40.5 cm³/mol. The average Bonchev–Trinajstić information content (AvgIpc) is 1.89. The second-order valence-electron chi connectivity index (χ2n) is 2.78. The van der Waals surface area contributed by atoms with Gasteiger partial charge in [0, 0.05) is 6.04 Å². The molecule has 1 fully saturated rings. The van der Waals surface area contributed by atoms with Gasteiger partial charge in [-0.3, -0.25) is 4.90 Å². The highest BCUT2D eigenvalue weighted by atomic mass is 15.1. The summed E-state index contributed by atoms with van der Waals surface area (Å²) in [6.07, 6.45) is 6.10. The number of piperidine rings is 1. The Morgan fingerprint density at radius 3 is 2.78 bits per heavy atom. The van der Waals surface area contributed by atoms with Gasteiger partial charge >= 0.3 is 0 Å². The Labute approximate surface area is 57.4 Å². The molecule has 0 aromatic carbocycles. The number of likely N-dealkylation sites (N-methyl/N-ethyl adjacent to an activating group) is 1. The molecule has 0 aromatic heterocycles. The molecule has 1 atom stereocenters. The number of likely N-dealkylation sites (tertiary alicyclic amines) is 1. The normalized spacial score (nSPS) is 30.1. The molecule has 1 aliphatic heterocycles. The lowest BCUT2D eigenvalue weighted by Crippen LogP contribution is -2.34. The molecule has 9 heavy (non-hydrogen) atoms. The fourth-order valence-corrected chi connectivity index (χ4v) is 1.40. The van der Waals surface area contributed by atoms with Crippen LogP contribution in [0.2, 0.25) is 0 Å². The molecule has 0 spiro atoms. The molecule has 0 bridgehead atoms. The van der Waals surface area contributed by atoms with Crippen molar-refractivity contribution in [2.24, 2.45) is 0 Å². The van der Waals surface area contributed by atoms with Crippen LogP contribution in [-0.2, 0) is 0 Å². The second kappa shape index (κ2) is 3.02. The fraction of sp³-hybridized carbons (Fsp3) is 0.750. The van der Waals surface area contributed by atoms with Gasteiger partial charge in [-0.2, -0.15) is 0 Å². The van der Waals surface area contributed by atoms with Gasteiger partial charge in [-0.15, -0.1) is 6.58 Å². The number of rotatable bonds is 1. The van der Waals surface area contributed by atoms with Crippen LogP contribution in [-0.4, -0.2) is 24.5 Å². The zero-order chi connectivity index (χ0) is 6.69. The van der Waals surface area contributed by atoms with Crippen molar-refractivity contribution in [2.75, 3.05) is 13.6 Å². The molecule has 0 aromatic rings. The van der Waals surface area contributed by atoms with Gasteiger partial charge in [-0.1, -0.05) is 12.5 Å². The van der Waals surface area contributed by atoms with Crippen LogP contribution < -0.4 is 0 Å². The lowest BCUT2D eigenvalue weighted by atomic mass is 10.0. The van der Waals surface area contributed by atoms with Gasteiger partial charge in [-0.05, 0) is 26.4 Å². The van der Waals surface area contributed by atoms with Crippen LogP contribution in [0, 0.1) is 0 Å². The molecule has 1 rings (SSSR count). The van der Waals surface area contributed by atoms with E-state index in [4.69, 9.17) is 0 Å². The molecule has 1 nitrogen and oxygen atoms in total. The molecule has 0 amide bonds. The summed E-state index contributed by atoms with van der Waals surface area (Å²) in [6, 6.07) is 0.652. The lowest BCUT2D eigenvalue weighted by molar-refractivity contribution is 0.222. The minimum atomic E-state index is 0.652. The molecule has 52 valence electrons. The van der Waals surface area contributed by atoms with Crippen molar-refractivity contribution in [2.45, 2.75) is 25.3 Å². The van der Waals surface area contributed by atoms with E-state index in [1.807, 2.05) is 0 Å². The van der Waals surface area contributed by atoms with Crippen LogP contribution in [0.15, 0.2) is 12.7 Å². The highest BCUT2D eigenvalue weighted by molar-refractivity contribution is 4.88. The molecule has 0 N–H and O–H groups in total. The van der Waals surface area contributed by atoms with E-state index in [1.54, 1.807) is 0 Å². The minimum Gasteiger partial charge on any atom is -0.300 e. The van der Waals surface area contributed by atoms with Crippen LogP contribution in [0.5, 0.6) is 0 Å². The lowest BCUT2D eigenvalue weighted by Gasteiger charge is -2.29. The maximum absolute atomic E-state index is 3.79. The van der Waals surface area contributed by atoms with E-state index >= 15 is 0 Å². The van der Waals surface area contributed by atoms with Gasteiger partial charge in [-0.25, -0.2) is 0 Å². The smallest absolute Gasteiger partial charge is 0.0272 e. The Morgan fingerprint density at radius 2 is 2.33 bits per heavy atom. The van der Waals surface area contributed by atoms with E-state index in [0.29, 0.717) is 6.04 Å². The summed E-state index contributed by atoms with van der Waals surface area (Å²) < 4.78 is 0. The first-order valence-electron chi connectivity index (χ1n) is 3.67. The average molecular weight is 125 g/mol. The van der Waals surface area contributed by atoms with Crippen molar-refractivity contribution in [3.05, 3.63) is 12.7 Å². The topological polar surface area (TPSA) is 3.24 Å². The van der Waals surface area contributed by atoms with Crippen molar-refractivity contribution in [3.63, 3.8) is 0 Å². The van der Waals surface area contributed by atoms with Crippen molar-refractivity contribution in [1.29, 1.82) is 0 Å². The molecule has 1 aliphatic rings. The summed E-state index contributed by atoms with van der Waals surface area (Å²) in [5.74, 6) is 0. The Hall–Kier alpha value is -0.300. The molecular formula is C8H15N. The molecule has 1 saturated heterocycles. The van der Waals surface area contributed by atoms with Gasteiger partial charge in [0.2, 0.25) is 0 Å². The maximum atomic E-state index is 3.79. The first-order valence-corrected chi connectivity index (χ1v) is 3.67. The summed E-state index contributed by atoms with van der Waals surface area (Å²) in [5, 5.41) is 0. The Morgan fingerprint density at radius 1 is 1.56 bits per heavy atom. The monoisotopic (exact) mass is 125 g/mol. The van der Waals surface area contributed by atoms with Gasteiger partial charge in [0.1, 0.15) is 0 Å².